The average Bonchev–Trinajstić information content (AvgIpc) is 3.14. The van der Waals surface area contributed by atoms with Crippen LogP contribution in [0.1, 0.15) is 26.4 Å². The minimum atomic E-state index is -0.656. The normalized spacial score (nSPS) is 10.7. The van der Waals surface area contributed by atoms with E-state index in [1.807, 2.05) is 18.2 Å². The van der Waals surface area contributed by atoms with Crippen LogP contribution in [0.5, 0.6) is 0 Å². The lowest BCUT2D eigenvalue weighted by molar-refractivity contribution is 0.0556. The molecule has 0 radical (unpaired) electrons. The summed E-state index contributed by atoms with van der Waals surface area (Å²) in [5.41, 5.74) is 2.06. The molecule has 0 bridgehead atoms. The zero-order chi connectivity index (χ0) is 16.6. The first kappa shape index (κ1) is 14.8. The van der Waals surface area contributed by atoms with Gasteiger partial charge in [-0.2, -0.15) is 0 Å². The van der Waals surface area contributed by atoms with E-state index in [0.29, 0.717) is 22.7 Å². The zero-order valence-corrected chi connectivity index (χ0v) is 12.8. The molecule has 3 rings (SSSR count). The highest BCUT2D eigenvalue weighted by Crippen LogP contribution is 2.33. The van der Waals surface area contributed by atoms with Gasteiger partial charge in [0.1, 0.15) is 11.3 Å². The second-order valence-corrected chi connectivity index (χ2v) is 4.89. The molecule has 0 aliphatic heterocycles. The van der Waals surface area contributed by atoms with Gasteiger partial charge in [0.15, 0.2) is 5.58 Å². The lowest BCUT2D eigenvalue weighted by atomic mass is 10.1. The maximum atomic E-state index is 12.2. The van der Waals surface area contributed by atoms with Gasteiger partial charge in [0.25, 0.3) is 0 Å². The van der Waals surface area contributed by atoms with Crippen LogP contribution in [0.15, 0.2) is 28.8 Å². The molecule has 0 spiro atoms. The van der Waals surface area contributed by atoms with Gasteiger partial charge in [-0.05, 0) is 19.1 Å². The molecule has 0 unspecified atom stereocenters. The molecule has 23 heavy (non-hydrogen) atoms. The molecule has 0 saturated carbocycles. The summed E-state index contributed by atoms with van der Waals surface area (Å²) in [7, 11) is 2.50. The summed E-state index contributed by atoms with van der Waals surface area (Å²) in [5.74, 6) is -1.28. The number of aromatic amines is 1. The Bertz CT molecular complexity index is 906. The van der Waals surface area contributed by atoms with Crippen LogP contribution >= 0.6 is 0 Å². The van der Waals surface area contributed by atoms with Crippen molar-refractivity contribution in [3.05, 3.63) is 41.1 Å². The number of aromatic nitrogens is 2. The van der Waals surface area contributed by atoms with E-state index in [1.54, 1.807) is 13.0 Å². The van der Waals surface area contributed by atoms with Gasteiger partial charge in [-0.3, -0.25) is 0 Å². The van der Waals surface area contributed by atoms with Gasteiger partial charge in [0, 0.05) is 5.69 Å². The Balaban J connectivity index is 2.31. The third-order valence-electron chi connectivity index (χ3n) is 3.58. The van der Waals surface area contributed by atoms with Gasteiger partial charge in [-0.25, -0.2) is 9.59 Å². The van der Waals surface area contributed by atoms with Crippen LogP contribution in [0.2, 0.25) is 0 Å². The Morgan fingerprint density at radius 1 is 1.09 bits per heavy atom. The fraction of sp³-hybridized carbons (Fsp3) is 0.188. The van der Waals surface area contributed by atoms with Gasteiger partial charge in [0.05, 0.1) is 30.9 Å². The van der Waals surface area contributed by atoms with E-state index in [0.717, 1.165) is 5.39 Å². The minimum Gasteiger partial charge on any atom is -0.465 e. The number of carbonyl (C=O) groups is 2. The fourth-order valence-electron chi connectivity index (χ4n) is 2.53. The van der Waals surface area contributed by atoms with Crippen molar-refractivity contribution in [1.29, 1.82) is 0 Å². The third kappa shape index (κ3) is 2.26. The van der Waals surface area contributed by atoms with Crippen LogP contribution in [-0.4, -0.2) is 36.3 Å². The third-order valence-corrected chi connectivity index (χ3v) is 3.58. The molecule has 7 heteroatoms. The van der Waals surface area contributed by atoms with Gasteiger partial charge in [-0.1, -0.05) is 17.3 Å². The largest absolute Gasteiger partial charge is 0.465 e. The molecule has 7 nitrogen and oxygen atoms in total. The number of H-pyrrole nitrogens is 1. The Kier molecular flexibility index (Phi) is 3.61. The predicted octanol–water partition coefficient (Wildman–Crippen LogP) is 2.70. The van der Waals surface area contributed by atoms with Crippen molar-refractivity contribution in [3.8, 4) is 11.4 Å². The molecular weight excluding hydrogens is 300 g/mol. The molecule has 0 aliphatic carbocycles. The molecule has 0 aliphatic rings. The molecule has 2 aromatic heterocycles. The van der Waals surface area contributed by atoms with Gasteiger partial charge < -0.3 is 19.0 Å². The van der Waals surface area contributed by atoms with Crippen molar-refractivity contribution in [2.45, 2.75) is 6.92 Å². The molecular formula is C16H14N2O5. The van der Waals surface area contributed by atoms with Crippen LogP contribution < -0.4 is 0 Å². The van der Waals surface area contributed by atoms with Crippen molar-refractivity contribution >= 4 is 22.9 Å². The first-order valence-electron chi connectivity index (χ1n) is 6.82. The summed E-state index contributed by atoms with van der Waals surface area (Å²) < 4.78 is 14.8. The van der Waals surface area contributed by atoms with Gasteiger partial charge in [-0.15, -0.1) is 0 Å². The van der Waals surface area contributed by atoms with E-state index < -0.39 is 11.9 Å². The minimum absolute atomic E-state index is 0.0795. The van der Waals surface area contributed by atoms with Crippen LogP contribution in [0, 0.1) is 6.92 Å². The highest BCUT2D eigenvalue weighted by molar-refractivity contribution is 6.10. The molecule has 2 heterocycles. The van der Waals surface area contributed by atoms with Crippen molar-refractivity contribution < 1.29 is 23.6 Å². The van der Waals surface area contributed by atoms with E-state index in [-0.39, 0.29) is 11.1 Å². The van der Waals surface area contributed by atoms with Crippen LogP contribution in [0.4, 0.5) is 0 Å². The number of nitrogens with zero attached hydrogens (tertiary/aromatic N) is 1. The number of fused-ring (bicyclic) bond motifs is 1. The average molecular weight is 314 g/mol. The van der Waals surface area contributed by atoms with Gasteiger partial charge >= 0.3 is 11.9 Å². The van der Waals surface area contributed by atoms with E-state index in [2.05, 4.69) is 10.1 Å². The molecule has 1 aromatic carbocycles. The number of rotatable bonds is 3. The SMILES string of the molecule is COC(=O)c1c(C)[nH]c(-c2noc3ccccc23)c1C(=O)OC. The van der Waals surface area contributed by atoms with Crippen molar-refractivity contribution in [2.24, 2.45) is 0 Å². The number of hydrogen-bond acceptors (Lipinski definition) is 6. The molecule has 118 valence electrons. The Morgan fingerprint density at radius 3 is 2.43 bits per heavy atom. The highest BCUT2D eigenvalue weighted by Gasteiger charge is 2.30. The Labute approximate surface area is 131 Å². The summed E-state index contributed by atoms with van der Waals surface area (Å²) in [4.78, 5) is 27.3. The molecule has 0 fully saturated rings. The fourth-order valence-corrected chi connectivity index (χ4v) is 2.53. The summed E-state index contributed by atoms with van der Waals surface area (Å²) in [6.07, 6.45) is 0. The van der Waals surface area contributed by atoms with Crippen LogP contribution in [0.3, 0.4) is 0 Å². The maximum Gasteiger partial charge on any atom is 0.341 e. The van der Waals surface area contributed by atoms with Crippen LogP contribution in [0.25, 0.3) is 22.4 Å². The van der Waals surface area contributed by atoms with Crippen molar-refractivity contribution in [2.75, 3.05) is 14.2 Å². The summed E-state index contributed by atoms with van der Waals surface area (Å²) in [6.45, 7) is 1.67. The number of ether oxygens (including phenoxy) is 2. The number of hydrogen-bond donors (Lipinski definition) is 1. The van der Waals surface area contributed by atoms with Crippen molar-refractivity contribution in [1.82, 2.24) is 10.1 Å². The first-order valence-corrected chi connectivity index (χ1v) is 6.82. The summed E-state index contributed by atoms with van der Waals surface area (Å²) in [6, 6.07) is 7.23. The number of benzene rings is 1. The monoisotopic (exact) mass is 314 g/mol. The standard InChI is InChI=1S/C16H14N2O5/c1-8-11(15(19)21-2)12(16(20)22-3)14(17-8)13-9-6-4-5-7-10(9)23-18-13/h4-7,17H,1-3H3. The number of para-hydroxylation sites is 1. The predicted molar refractivity (Wildman–Crippen MR) is 81.2 cm³/mol. The molecule has 3 aromatic rings. The van der Waals surface area contributed by atoms with E-state index >= 15 is 0 Å². The lowest BCUT2D eigenvalue weighted by Crippen LogP contribution is -2.11. The number of carbonyl (C=O) groups excluding carboxylic acids is 2. The summed E-state index contributed by atoms with van der Waals surface area (Å²) >= 11 is 0. The number of methoxy groups -OCH3 is 2. The second kappa shape index (κ2) is 5.60. The highest BCUT2D eigenvalue weighted by atomic mass is 16.5. The van der Waals surface area contributed by atoms with E-state index in [9.17, 15) is 9.59 Å². The molecule has 1 N–H and O–H groups in total. The van der Waals surface area contributed by atoms with E-state index in [1.165, 1.54) is 14.2 Å². The smallest absolute Gasteiger partial charge is 0.341 e. The Morgan fingerprint density at radius 2 is 1.74 bits per heavy atom. The second-order valence-electron chi connectivity index (χ2n) is 4.89. The molecule has 0 saturated heterocycles. The molecule has 0 amide bonds. The zero-order valence-electron chi connectivity index (χ0n) is 12.8. The van der Waals surface area contributed by atoms with Crippen molar-refractivity contribution in [3.63, 3.8) is 0 Å². The lowest BCUT2D eigenvalue weighted by Gasteiger charge is -2.03. The van der Waals surface area contributed by atoms with Gasteiger partial charge in [0.2, 0.25) is 0 Å². The number of aryl methyl sites for hydroxylation is 1. The van der Waals surface area contributed by atoms with E-state index in [4.69, 9.17) is 14.0 Å². The number of esters is 2. The Hall–Kier alpha value is -3.09. The first-order chi connectivity index (χ1) is 11.1. The maximum absolute atomic E-state index is 12.2. The summed E-state index contributed by atoms with van der Waals surface area (Å²) in [5, 5.41) is 4.73. The van der Waals surface area contributed by atoms with Crippen LogP contribution in [-0.2, 0) is 9.47 Å². The quantitative estimate of drug-likeness (QED) is 0.747. The number of nitrogens with one attached hydrogen (secondary N) is 1. The molecule has 0 atom stereocenters. The topological polar surface area (TPSA) is 94.4 Å².